The average molecular weight is 324 g/mol. The number of likely N-dealkylation sites (N-methyl/N-ethyl adjacent to an activating group) is 1. The van der Waals surface area contributed by atoms with Crippen molar-refractivity contribution in [3.8, 4) is 5.75 Å². The van der Waals surface area contributed by atoms with Crippen LogP contribution in [0.25, 0.3) is 0 Å². The Morgan fingerprint density at radius 2 is 1.83 bits per heavy atom. The van der Waals surface area contributed by atoms with E-state index in [2.05, 4.69) is 29.2 Å². The summed E-state index contributed by atoms with van der Waals surface area (Å²) in [6.07, 6.45) is 1.01. The van der Waals surface area contributed by atoms with Crippen LogP contribution in [0.15, 0.2) is 48.5 Å². The predicted octanol–water partition coefficient (Wildman–Crippen LogP) is 2.71. The van der Waals surface area contributed by atoms with Crippen molar-refractivity contribution < 1.29 is 9.53 Å². The van der Waals surface area contributed by atoms with Gasteiger partial charge < -0.3 is 9.64 Å². The summed E-state index contributed by atoms with van der Waals surface area (Å²) in [5.74, 6) is 0.962. The van der Waals surface area contributed by atoms with Crippen molar-refractivity contribution in [1.82, 2.24) is 9.80 Å². The zero-order chi connectivity index (χ0) is 16.9. The molecule has 1 aliphatic rings. The third-order valence-corrected chi connectivity index (χ3v) is 4.59. The number of fused-ring (bicyclic) bond motifs is 1. The summed E-state index contributed by atoms with van der Waals surface area (Å²) in [6.45, 7) is 2.81. The molecule has 0 unspecified atom stereocenters. The van der Waals surface area contributed by atoms with E-state index in [0.29, 0.717) is 13.1 Å². The number of amides is 1. The van der Waals surface area contributed by atoms with Crippen LogP contribution < -0.4 is 4.74 Å². The molecule has 0 radical (unpaired) electrons. The highest BCUT2D eigenvalue weighted by molar-refractivity contribution is 5.78. The zero-order valence-electron chi connectivity index (χ0n) is 14.4. The summed E-state index contributed by atoms with van der Waals surface area (Å²) in [6, 6.07) is 16.3. The fourth-order valence-electron chi connectivity index (χ4n) is 3.18. The van der Waals surface area contributed by atoms with Gasteiger partial charge in [-0.25, -0.2) is 0 Å². The summed E-state index contributed by atoms with van der Waals surface area (Å²) in [7, 11) is 3.51. The van der Waals surface area contributed by atoms with Gasteiger partial charge in [-0.15, -0.1) is 0 Å². The van der Waals surface area contributed by atoms with E-state index in [0.717, 1.165) is 30.8 Å². The highest BCUT2D eigenvalue weighted by Crippen LogP contribution is 2.20. The predicted molar refractivity (Wildman–Crippen MR) is 94.9 cm³/mol. The molecule has 0 N–H and O–H groups in total. The molecule has 0 aliphatic carbocycles. The summed E-state index contributed by atoms with van der Waals surface area (Å²) in [5, 5.41) is 0. The molecule has 126 valence electrons. The first-order valence-corrected chi connectivity index (χ1v) is 8.32. The van der Waals surface area contributed by atoms with E-state index in [1.165, 1.54) is 11.1 Å². The molecule has 2 aromatic carbocycles. The molecule has 0 spiro atoms. The number of methoxy groups -OCH3 is 1. The van der Waals surface area contributed by atoms with E-state index in [-0.39, 0.29) is 5.91 Å². The van der Waals surface area contributed by atoms with Crippen LogP contribution in [0.2, 0.25) is 0 Å². The van der Waals surface area contributed by atoms with Gasteiger partial charge in [0.25, 0.3) is 0 Å². The van der Waals surface area contributed by atoms with Crippen molar-refractivity contribution in [2.45, 2.75) is 19.5 Å². The molecule has 4 nitrogen and oxygen atoms in total. The van der Waals surface area contributed by atoms with E-state index < -0.39 is 0 Å². The second kappa shape index (κ2) is 7.49. The van der Waals surface area contributed by atoms with Crippen molar-refractivity contribution in [3.05, 3.63) is 65.2 Å². The van der Waals surface area contributed by atoms with Gasteiger partial charge in [-0.1, -0.05) is 42.5 Å². The Labute approximate surface area is 143 Å². The molecule has 0 saturated carbocycles. The fraction of sp³-hybridized carbons (Fsp3) is 0.350. The molecular weight excluding hydrogens is 300 g/mol. The molecule has 3 rings (SSSR count). The van der Waals surface area contributed by atoms with Crippen LogP contribution >= 0.6 is 0 Å². The Balaban J connectivity index is 1.59. The van der Waals surface area contributed by atoms with Gasteiger partial charge >= 0.3 is 0 Å². The molecular formula is C20H24N2O2. The fourth-order valence-corrected chi connectivity index (χ4v) is 3.18. The van der Waals surface area contributed by atoms with Crippen molar-refractivity contribution >= 4 is 5.91 Å². The minimum absolute atomic E-state index is 0.139. The quantitative estimate of drug-likeness (QED) is 0.848. The lowest BCUT2D eigenvalue weighted by Crippen LogP contribution is -2.40. The van der Waals surface area contributed by atoms with Crippen molar-refractivity contribution in [2.24, 2.45) is 0 Å². The first kappa shape index (κ1) is 16.5. The molecule has 0 aromatic heterocycles. The number of nitrogens with zero attached hydrogens (tertiary/aromatic N) is 2. The van der Waals surface area contributed by atoms with Gasteiger partial charge in [-0.3, -0.25) is 9.69 Å². The minimum Gasteiger partial charge on any atom is -0.496 e. The van der Waals surface area contributed by atoms with Gasteiger partial charge in [0.1, 0.15) is 5.75 Å². The minimum atomic E-state index is 0.139. The maximum Gasteiger partial charge on any atom is 0.236 e. The standard InChI is InChI=1S/C20H24N2O2/c1-21(13-18-9-5-6-10-19(18)24-2)20(23)15-22-12-11-16-7-3-4-8-17(16)14-22/h3-10H,11-15H2,1-2H3. The average Bonchev–Trinajstić information content (AvgIpc) is 2.62. The Morgan fingerprint density at radius 1 is 1.12 bits per heavy atom. The molecule has 24 heavy (non-hydrogen) atoms. The van der Waals surface area contributed by atoms with Gasteiger partial charge in [-0.2, -0.15) is 0 Å². The normalized spacial score (nSPS) is 14.1. The largest absolute Gasteiger partial charge is 0.496 e. The van der Waals surface area contributed by atoms with Crippen molar-refractivity contribution in [1.29, 1.82) is 0 Å². The Kier molecular flexibility index (Phi) is 5.16. The SMILES string of the molecule is COc1ccccc1CN(C)C(=O)CN1CCc2ccccc2C1. The maximum absolute atomic E-state index is 12.6. The number of ether oxygens (including phenoxy) is 1. The summed E-state index contributed by atoms with van der Waals surface area (Å²) in [4.78, 5) is 16.6. The maximum atomic E-state index is 12.6. The second-order valence-electron chi connectivity index (χ2n) is 6.29. The highest BCUT2D eigenvalue weighted by atomic mass is 16.5. The van der Waals surface area contributed by atoms with Crippen LogP contribution in [0.5, 0.6) is 5.75 Å². The molecule has 1 heterocycles. The topological polar surface area (TPSA) is 32.8 Å². The van der Waals surface area contributed by atoms with E-state index in [9.17, 15) is 4.79 Å². The Bertz CT molecular complexity index is 714. The molecule has 2 aromatic rings. The molecule has 4 heteroatoms. The van der Waals surface area contributed by atoms with E-state index in [4.69, 9.17) is 4.74 Å². The van der Waals surface area contributed by atoms with Gasteiger partial charge in [0, 0.05) is 32.2 Å². The Hall–Kier alpha value is -2.33. The zero-order valence-corrected chi connectivity index (χ0v) is 14.4. The third kappa shape index (κ3) is 3.77. The molecule has 1 aliphatic heterocycles. The molecule has 1 amide bonds. The monoisotopic (exact) mass is 324 g/mol. The van der Waals surface area contributed by atoms with E-state index in [1.807, 2.05) is 31.3 Å². The van der Waals surface area contributed by atoms with E-state index >= 15 is 0 Å². The summed E-state index contributed by atoms with van der Waals surface area (Å²) >= 11 is 0. The lowest BCUT2D eigenvalue weighted by Gasteiger charge is -2.29. The number of benzene rings is 2. The highest BCUT2D eigenvalue weighted by Gasteiger charge is 2.20. The lowest BCUT2D eigenvalue weighted by atomic mass is 10.00. The summed E-state index contributed by atoms with van der Waals surface area (Å²) < 4.78 is 5.37. The number of hydrogen-bond donors (Lipinski definition) is 0. The van der Waals surface area contributed by atoms with Crippen LogP contribution in [-0.2, 0) is 24.3 Å². The van der Waals surface area contributed by atoms with Gasteiger partial charge in [0.05, 0.1) is 13.7 Å². The van der Waals surface area contributed by atoms with Crippen LogP contribution in [0.3, 0.4) is 0 Å². The first-order valence-electron chi connectivity index (χ1n) is 8.32. The lowest BCUT2D eigenvalue weighted by molar-refractivity contribution is -0.131. The van der Waals surface area contributed by atoms with Crippen molar-refractivity contribution in [3.63, 3.8) is 0 Å². The van der Waals surface area contributed by atoms with Gasteiger partial charge in [-0.05, 0) is 23.6 Å². The first-order chi connectivity index (χ1) is 11.7. The van der Waals surface area contributed by atoms with Crippen molar-refractivity contribution in [2.75, 3.05) is 27.2 Å². The van der Waals surface area contributed by atoms with Crippen LogP contribution in [0.1, 0.15) is 16.7 Å². The summed E-state index contributed by atoms with van der Waals surface area (Å²) in [5.41, 5.74) is 3.77. The van der Waals surface area contributed by atoms with Gasteiger partial charge in [0.2, 0.25) is 5.91 Å². The van der Waals surface area contributed by atoms with Crippen LogP contribution in [0, 0.1) is 0 Å². The molecule has 0 bridgehead atoms. The number of hydrogen-bond acceptors (Lipinski definition) is 3. The molecule has 0 fully saturated rings. The number of para-hydroxylation sites is 1. The Morgan fingerprint density at radius 3 is 2.62 bits per heavy atom. The van der Waals surface area contributed by atoms with Gasteiger partial charge in [0.15, 0.2) is 0 Å². The van der Waals surface area contributed by atoms with Crippen LogP contribution in [-0.4, -0.2) is 43.0 Å². The third-order valence-electron chi connectivity index (χ3n) is 4.59. The second-order valence-corrected chi connectivity index (χ2v) is 6.29. The van der Waals surface area contributed by atoms with Crippen LogP contribution in [0.4, 0.5) is 0 Å². The molecule has 0 atom stereocenters. The number of carbonyl (C=O) groups excluding carboxylic acids is 1. The van der Waals surface area contributed by atoms with E-state index in [1.54, 1.807) is 12.0 Å². The molecule has 0 saturated heterocycles. The smallest absolute Gasteiger partial charge is 0.236 e. The number of rotatable bonds is 5. The number of carbonyl (C=O) groups is 1.